The van der Waals surface area contributed by atoms with Gasteiger partial charge in [-0.25, -0.2) is 0 Å². The van der Waals surface area contributed by atoms with Crippen molar-refractivity contribution in [2.24, 2.45) is 0 Å². The summed E-state index contributed by atoms with van der Waals surface area (Å²) in [6.45, 7) is 4.14. The molecule has 0 bridgehead atoms. The molecule has 0 fully saturated rings. The molecule has 0 spiro atoms. The minimum atomic E-state index is -0.158. The van der Waals surface area contributed by atoms with Gasteiger partial charge in [-0.15, -0.1) is 16.8 Å². The van der Waals surface area contributed by atoms with Crippen LogP contribution in [0.5, 0.6) is 0 Å². The van der Waals surface area contributed by atoms with Gasteiger partial charge in [0.2, 0.25) is 11.9 Å². The van der Waals surface area contributed by atoms with E-state index >= 15 is 0 Å². The highest BCUT2D eigenvalue weighted by Crippen LogP contribution is 2.19. The number of halogens is 1. The van der Waals surface area contributed by atoms with Gasteiger partial charge in [0.15, 0.2) is 5.16 Å². The molecule has 110 valence electrons. The standard InChI is InChI=1S/C13H14ClN5OS/c1-2-6-19-12(15)17-18-13(19)21-8-11(20)16-10-5-3-4-9(14)7-10/h2-5,7H,1,6,8H2,(H2,15,17)(H,16,20). The molecule has 6 nitrogen and oxygen atoms in total. The summed E-state index contributed by atoms with van der Waals surface area (Å²) >= 11 is 7.11. The van der Waals surface area contributed by atoms with Crippen LogP contribution in [-0.2, 0) is 11.3 Å². The Hall–Kier alpha value is -1.99. The largest absolute Gasteiger partial charge is 0.368 e. The van der Waals surface area contributed by atoms with Crippen molar-refractivity contribution in [2.45, 2.75) is 11.7 Å². The van der Waals surface area contributed by atoms with E-state index in [0.717, 1.165) is 0 Å². The average Bonchev–Trinajstić information content (AvgIpc) is 2.78. The molecule has 0 saturated heterocycles. The van der Waals surface area contributed by atoms with E-state index in [1.165, 1.54) is 11.8 Å². The minimum absolute atomic E-state index is 0.158. The average molecular weight is 324 g/mol. The van der Waals surface area contributed by atoms with Crippen molar-refractivity contribution in [3.05, 3.63) is 41.9 Å². The molecule has 0 radical (unpaired) electrons. The van der Waals surface area contributed by atoms with Gasteiger partial charge in [-0.2, -0.15) is 0 Å². The third-order valence-electron chi connectivity index (χ3n) is 2.50. The summed E-state index contributed by atoms with van der Waals surface area (Å²) < 4.78 is 1.68. The quantitative estimate of drug-likeness (QED) is 0.630. The number of carbonyl (C=O) groups is 1. The van der Waals surface area contributed by atoms with Gasteiger partial charge in [-0.1, -0.05) is 35.5 Å². The Bertz CT molecular complexity index is 658. The summed E-state index contributed by atoms with van der Waals surface area (Å²) in [5, 5.41) is 11.6. The molecule has 1 heterocycles. The molecule has 0 aliphatic heterocycles. The zero-order chi connectivity index (χ0) is 15.2. The number of amides is 1. The van der Waals surface area contributed by atoms with Gasteiger partial charge in [0.25, 0.3) is 0 Å². The fourth-order valence-corrected chi connectivity index (χ4v) is 2.55. The molecule has 2 aromatic rings. The molecule has 0 unspecified atom stereocenters. The minimum Gasteiger partial charge on any atom is -0.368 e. The van der Waals surface area contributed by atoms with Crippen LogP contribution in [-0.4, -0.2) is 26.4 Å². The van der Waals surface area contributed by atoms with Crippen LogP contribution in [0.15, 0.2) is 42.1 Å². The van der Waals surface area contributed by atoms with Crippen LogP contribution in [0, 0.1) is 0 Å². The normalized spacial score (nSPS) is 10.3. The second-order valence-corrected chi connectivity index (χ2v) is 5.47. The fourth-order valence-electron chi connectivity index (χ4n) is 1.60. The van der Waals surface area contributed by atoms with Crippen LogP contribution in [0.25, 0.3) is 0 Å². The Morgan fingerprint density at radius 1 is 1.52 bits per heavy atom. The number of hydrogen-bond acceptors (Lipinski definition) is 5. The van der Waals surface area contributed by atoms with E-state index in [2.05, 4.69) is 22.1 Å². The molecule has 0 aliphatic carbocycles. The van der Waals surface area contributed by atoms with Gasteiger partial charge in [-0.05, 0) is 18.2 Å². The SMILES string of the molecule is C=CCn1c(N)nnc1SCC(=O)Nc1cccc(Cl)c1. The number of anilines is 2. The number of benzene rings is 1. The molecule has 21 heavy (non-hydrogen) atoms. The number of allylic oxidation sites excluding steroid dienone is 1. The summed E-state index contributed by atoms with van der Waals surface area (Å²) in [6, 6.07) is 6.97. The van der Waals surface area contributed by atoms with Crippen LogP contribution in [0.3, 0.4) is 0 Å². The Kier molecular flexibility index (Phi) is 5.24. The molecule has 0 aliphatic rings. The van der Waals surface area contributed by atoms with Crippen molar-refractivity contribution in [3.8, 4) is 0 Å². The lowest BCUT2D eigenvalue weighted by Gasteiger charge is -2.06. The molecular weight excluding hydrogens is 310 g/mol. The maximum absolute atomic E-state index is 11.9. The third-order valence-corrected chi connectivity index (χ3v) is 3.70. The smallest absolute Gasteiger partial charge is 0.234 e. The van der Waals surface area contributed by atoms with E-state index in [0.29, 0.717) is 28.4 Å². The zero-order valence-electron chi connectivity index (χ0n) is 11.1. The number of hydrogen-bond donors (Lipinski definition) is 2. The van der Waals surface area contributed by atoms with Gasteiger partial charge in [-0.3, -0.25) is 9.36 Å². The number of carbonyl (C=O) groups excluding carboxylic acids is 1. The molecule has 0 atom stereocenters. The van der Waals surface area contributed by atoms with E-state index in [1.54, 1.807) is 34.9 Å². The Balaban J connectivity index is 1.94. The van der Waals surface area contributed by atoms with Gasteiger partial charge in [0, 0.05) is 17.3 Å². The first-order chi connectivity index (χ1) is 10.1. The number of nitrogens with two attached hydrogens (primary N) is 1. The molecule has 8 heteroatoms. The van der Waals surface area contributed by atoms with Crippen molar-refractivity contribution < 1.29 is 4.79 Å². The number of nitrogen functional groups attached to an aromatic ring is 1. The zero-order valence-corrected chi connectivity index (χ0v) is 12.7. The van der Waals surface area contributed by atoms with Gasteiger partial charge >= 0.3 is 0 Å². The number of nitrogens with zero attached hydrogens (tertiary/aromatic N) is 3. The molecule has 1 aromatic heterocycles. The Morgan fingerprint density at radius 3 is 3.05 bits per heavy atom. The van der Waals surface area contributed by atoms with Crippen molar-refractivity contribution in [1.29, 1.82) is 0 Å². The lowest BCUT2D eigenvalue weighted by atomic mass is 10.3. The Labute approximate surface area is 131 Å². The predicted molar refractivity (Wildman–Crippen MR) is 85.4 cm³/mol. The van der Waals surface area contributed by atoms with Gasteiger partial charge < -0.3 is 11.1 Å². The highest BCUT2D eigenvalue weighted by Gasteiger charge is 2.11. The van der Waals surface area contributed by atoms with Crippen LogP contribution >= 0.6 is 23.4 Å². The lowest BCUT2D eigenvalue weighted by molar-refractivity contribution is -0.113. The van der Waals surface area contributed by atoms with Crippen LogP contribution in [0.2, 0.25) is 5.02 Å². The van der Waals surface area contributed by atoms with E-state index in [9.17, 15) is 4.79 Å². The van der Waals surface area contributed by atoms with Gasteiger partial charge in [0.1, 0.15) is 0 Å². The molecule has 0 saturated carbocycles. The number of nitrogens with one attached hydrogen (secondary N) is 1. The molecule has 1 aromatic carbocycles. The summed E-state index contributed by atoms with van der Waals surface area (Å²) in [7, 11) is 0. The second-order valence-electron chi connectivity index (χ2n) is 4.09. The number of thioether (sulfide) groups is 1. The highest BCUT2D eigenvalue weighted by atomic mass is 35.5. The van der Waals surface area contributed by atoms with Crippen molar-refractivity contribution >= 4 is 40.9 Å². The maximum Gasteiger partial charge on any atom is 0.234 e. The number of rotatable bonds is 6. The molecule has 1 amide bonds. The predicted octanol–water partition coefficient (Wildman–Crippen LogP) is 2.43. The summed E-state index contributed by atoms with van der Waals surface area (Å²) in [4.78, 5) is 11.9. The van der Waals surface area contributed by atoms with Crippen molar-refractivity contribution in [2.75, 3.05) is 16.8 Å². The van der Waals surface area contributed by atoms with Crippen LogP contribution < -0.4 is 11.1 Å². The van der Waals surface area contributed by atoms with Crippen LogP contribution in [0.1, 0.15) is 0 Å². The topological polar surface area (TPSA) is 85.8 Å². The van der Waals surface area contributed by atoms with Gasteiger partial charge in [0.05, 0.1) is 5.75 Å². The van der Waals surface area contributed by atoms with Crippen LogP contribution in [0.4, 0.5) is 11.6 Å². The summed E-state index contributed by atoms with van der Waals surface area (Å²) in [6.07, 6.45) is 1.69. The van der Waals surface area contributed by atoms with Crippen molar-refractivity contribution in [1.82, 2.24) is 14.8 Å². The Morgan fingerprint density at radius 2 is 2.33 bits per heavy atom. The summed E-state index contributed by atoms with van der Waals surface area (Å²) in [5.41, 5.74) is 6.34. The van der Waals surface area contributed by atoms with E-state index in [-0.39, 0.29) is 11.7 Å². The first-order valence-corrected chi connectivity index (χ1v) is 7.44. The molecule has 2 rings (SSSR count). The maximum atomic E-state index is 11.9. The summed E-state index contributed by atoms with van der Waals surface area (Å²) in [5.74, 6) is 0.337. The first kappa shape index (κ1) is 15.4. The molecular formula is C13H14ClN5OS. The fraction of sp³-hybridized carbons (Fsp3) is 0.154. The van der Waals surface area contributed by atoms with E-state index in [1.807, 2.05) is 0 Å². The number of aromatic nitrogens is 3. The monoisotopic (exact) mass is 323 g/mol. The van der Waals surface area contributed by atoms with Crippen molar-refractivity contribution in [3.63, 3.8) is 0 Å². The first-order valence-electron chi connectivity index (χ1n) is 6.08. The van der Waals surface area contributed by atoms with E-state index in [4.69, 9.17) is 17.3 Å². The molecule has 3 N–H and O–H groups in total. The lowest BCUT2D eigenvalue weighted by Crippen LogP contribution is -2.14. The third kappa shape index (κ3) is 4.24. The van der Waals surface area contributed by atoms with E-state index < -0.39 is 0 Å². The second kappa shape index (κ2) is 7.14. The highest BCUT2D eigenvalue weighted by molar-refractivity contribution is 7.99.